The van der Waals surface area contributed by atoms with Crippen LogP contribution in [0, 0.1) is 11.3 Å². The summed E-state index contributed by atoms with van der Waals surface area (Å²) in [6.45, 7) is -0.160. The topological polar surface area (TPSA) is 82.4 Å². The fourth-order valence-electron chi connectivity index (χ4n) is 3.12. The molecule has 0 fully saturated rings. The molecule has 1 aliphatic heterocycles. The van der Waals surface area contributed by atoms with Crippen LogP contribution in [0.3, 0.4) is 0 Å². The number of hydrogen-bond donors (Lipinski definition) is 1. The van der Waals surface area contributed by atoms with Crippen LogP contribution in [0.15, 0.2) is 48.5 Å². The van der Waals surface area contributed by atoms with E-state index < -0.39 is 35.3 Å². The largest absolute Gasteiger partial charge is 0.445 e. The summed E-state index contributed by atoms with van der Waals surface area (Å²) in [4.78, 5) is 25.3. The molecule has 6 nitrogen and oxygen atoms in total. The molecule has 1 aliphatic rings. The number of ether oxygens (including phenoxy) is 1. The van der Waals surface area contributed by atoms with Crippen molar-refractivity contribution in [2.75, 3.05) is 13.1 Å². The standard InChI is InChI=1S/C20H16F3N3O3/c21-20(22,23)15-8-4-7-14-16(11-24)26(18(27)17(14)15)10-9-25-19(28)29-12-13-5-2-1-3-6-13/h1-8,16H,9-10,12H2,(H,25,28). The summed E-state index contributed by atoms with van der Waals surface area (Å²) in [6, 6.07) is 13.0. The van der Waals surface area contributed by atoms with Crippen molar-refractivity contribution in [1.82, 2.24) is 10.2 Å². The van der Waals surface area contributed by atoms with Gasteiger partial charge in [0, 0.05) is 18.7 Å². The van der Waals surface area contributed by atoms with Crippen LogP contribution in [-0.4, -0.2) is 30.0 Å². The van der Waals surface area contributed by atoms with Crippen LogP contribution in [0.25, 0.3) is 0 Å². The third-order valence-electron chi connectivity index (χ3n) is 4.44. The summed E-state index contributed by atoms with van der Waals surface area (Å²) in [6.07, 6.45) is -5.45. The number of carbonyl (C=O) groups excluding carboxylic acids is 2. The van der Waals surface area contributed by atoms with Gasteiger partial charge in [0.1, 0.15) is 12.6 Å². The minimum atomic E-state index is -4.71. The van der Waals surface area contributed by atoms with Gasteiger partial charge >= 0.3 is 12.3 Å². The highest BCUT2D eigenvalue weighted by Gasteiger charge is 2.44. The summed E-state index contributed by atoms with van der Waals surface area (Å²) in [7, 11) is 0. The van der Waals surface area contributed by atoms with Crippen LogP contribution in [0.1, 0.15) is 33.1 Å². The summed E-state index contributed by atoms with van der Waals surface area (Å²) in [5, 5.41) is 11.8. The average Bonchev–Trinajstić information content (AvgIpc) is 2.98. The Morgan fingerprint density at radius 3 is 2.55 bits per heavy atom. The summed E-state index contributed by atoms with van der Waals surface area (Å²) in [5.74, 6) is -0.890. The number of benzene rings is 2. The minimum Gasteiger partial charge on any atom is -0.445 e. The first-order chi connectivity index (χ1) is 13.8. The Bertz CT molecular complexity index is 955. The molecule has 1 heterocycles. The number of nitrogens with one attached hydrogen (secondary N) is 1. The number of alkyl halides is 3. The number of fused-ring (bicyclic) bond motifs is 1. The van der Waals surface area contributed by atoms with Crippen LogP contribution >= 0.6 is 0 Å². The molecule has 0 saturated heterocycles. The molecule has 150 valence electrons. The number of nitriles is 1. The highest BCUT2D eigenvalue weighted by atomic mass is 19.4. The van der Waals surface area contributed by atoms with Crippen LogP contribution in [-0.2, 0) is 17.5 Å². The van der Waals surface area contributed by atoms with E-state index in [1.54, 1.807) is 24.3 Å². The van der Waals surface area contributed by atoms with Crippen molar-refractivity contribution in [1.29, 1.82) is 5.26 Å². The first-order valence-electron chi connectivity index (χ1n) is 8.68. The van der Waals surface area contributed by atoms with E-state index in [2.05, 4.69) is 5.32 Å². The van der Waals surface area contributed by atoms with Gasteiger partial charge in [0.15, 0.2) is 0 Å². The van der Waals surface area contributed by atoms with E-state index >= 15 is 0 Å². The van der Waals surface area contributed by atoms with Gasteiger partial charge in [-0.15, -0.1) is 0 Å². The van der Waals surface area contributed by atoms with E-state index in [0.29, 0.717) is 0 Å². The van der Waals surface area contributed by atoms with Crippen LogP contribution in [0.5, 0.6) is 0 Å². The lowest BCUT2D eigenvalue weighted by Gasteiger charge is -2.20. The molecule has 0 aromatic heterocycles. The SMILES string of the molecule is N#CC1c2cccc(C(F)(F)F)c2C(=O)N1CCNC(=O)OCc1ccccc1. The van der Waals surface area contributed by atoms with Crippen molar-refractivity contribution in [3.05, 3.63) is 70.8 Å². The Balaban J connectivity index is 1.62. The lowest BCUT2D eigenvalue weighted by Crippen LogP contribution is -2.37. The molecule has 1 atom stereocenters. The quantitative estimate of drug-likeness (QED) is 0.826. The fraction of sp³-hybridized carbons (Fsp3) is 0.250. The molecule has 0 saturated carbocycles. The number of amides is 2. The van der Waals surface area contributed by atoms with Crippen LogP contribution in [0.2, 0.25) is 0 Å². The number of halogens is 3. The van der Waals surface area contributed by atoms with E-state index in [1.807, 2.05) is 12.1 Å². The number of carbonyl (C=O) groups is 2. The predicted octanol–water partition coefficient (Wildman–Crippen LogP) is 3.65. The summed E-state index contributed by atoms with van der Waals surface area (Å²) < 4.78 is 44.7. The maximum absolute atomic E-state index is 13.2. The van der Waals surface area contributed by atoms with Crippen LogP contribution < -0.4 is 5.32 Å². The zero-order chi connectivity index (χ0) is 21.0. The smallest absolute Gasteiger partial charge is 0.417 e. The molecule has 1 N–H and O–H groups in total. The van der Waals surface area contributed by atoms with E-state index in [1.165, 1.54) is 12.1 Å². The van der Waals surface area contributed by atoms with Gasteiger partial charge in [-0.25, -0.2) is 4.79 Å². The number of nitrogens with zero attached hydrogens (tertiary/aromatic N) is 2. The van der Waals surface area contributed by atoms with Gasteiger partial charge in [0.05, 0.1) is 17.2 Å². The third kappa shape index (κ3) is 4.32. The van der Waals surface area contributed by atoms with Crippen LogP contribution in [0.4, 0.5) is 18.0 Å². The maximum Gasteiger partial charge on any atom is 0.417 e. The first-order valence-corrected chi connectivity index (χ1v) is 8.68. The molecule has 29 heavy (non-hydrogen) atoms. The number of alkyl carbamates (subject to hydrolysis) is 1. The molecule has 2 aromatic carbocycles. The molecule has 0 aliphatic carbocycles. The molecule has 1 unspecified atom stereocenters. The van der Waals surface area contributed by atoms with Crippen molar-refractivity contribution in [2.24, 2.45) is 0 Å². The molecular formula is C20H16F3N3O3. The fourth-order valence-corrected chi connectivity index (χ4v) is 3.12. The normalized spacial score (nSPS) is 15.6. The zero-order valence-electron chi connectivity index (χ0n) is 15.1. The maximum atomic E-state index is 13.2. The molecule has 3 rings (SSSR count). The highest BCUT2D eigenvalue weighted by Crippen LogP contribution is 2.41. The summed E-state index contributed by atoms with van der Waals surface area (Å²) >= 11 is 0. The van der Waals surface area contributed by atoms with Gasteiger partial charge in [-0.3, -0.25) is 4.79 Å². The predicted molar refractivity (Wildman–Crippen MR) is 95.5 cm³/mol. The van der Waals surface area contributed by atoms with Crippen molar-refractivity contribution < 1.29 is 27.5 Å². The summed E-state index contributed by atoms with van der Waals surface area (Å²) in [5.41, 5.74) is -0.785. The minimum absolute atomic E-state index is 0.0129. The molecule has 2 amide bonds. The van der Waals surface area contributed by atoms with Crippen molar-refractivity contribution in [2.45, 2.75) is 18.8 Å². The van der Waals surface area contributed by atoms with Gasteiger partial charge in [-0.05, 0) is 11.6 Å². The highest BCUT2D eigenvalue weighted by molar-refractivity contribution is 6.01. The van der Waals surface area contributed by atoms with Crippen molar-refractivity contribution in [3.8, 4) is 6.07 Å². The van der Waals surface area contributed by atoms with Gasteiger partial charge in [0.25, 0.3) is 5.91 Å². The zero-order valence-corrected chi connectivity index (χ0v) is 15.1. The molecule has 2 aromatic rings. The van der Waals surface area contributed by atoms with Crippen molar-refractivity contribution >= 4 is 12.0 Å². The van der Waals surface area contributed by atoms with E-state index in [9.17, 15) is 28.0 Å². The van der Waals surface area contributed by atoms with Gasteiger partial charge in [0.2, 0.25) is 0 Å². The Morgan fingerprint density at radius 2 is 1.90 bits per heavy atom. The second-order valence-electron chi connectivity index (χ2n) is 6.29. The van der Waals surface area contributed by atoms with Gasteiger partial charge in [-0.2, -0.15) is 18.4 Å². The van der Waals surface area contributed by atoms with E-state index in [-0.39, 0.29) is 25.3 Å². The second-order valence-corrected chi connectivity index (χ2v) is 6.29. The Labute approximate surface area is 164 Å². The van der Waals surface area contributed by atoms with E-state index in [4.69, 9.17) is 4.74 Å². The Kier molecular flexibility index (Phi) is 5.73. The second kappa shape index (κ2) is 8.22. The van der Waals surface area contributed by atoms with E-state index in [0.717, 1.165) is 16.5 Å². The monoisotopic (exact) mass is 403 g/mol. The molecule has 0 bridgehead atoms. The molecule has 0 spiro atoms. The number of rotatable bonds is 5. The van der Waals surface area contributed by atoms with Gasteiger partial charge in [-0.1, -0.05) is 42.5 Å². The molecular weight excluding hydrogens is 387 g/mol. The molecule has 9 heteroatoms. The lowest BCUT2D eigenvalue weighted by molar-refractivity contribution is -0.137. The Hall–Kier alpha value is -3.54. The number of hydrogen-bond acceptors (Lipinski definition) is 4. The Morgan fingerprint density at radius 1 is 1.17 bits per heavy atom. The van der Waals surface area contributed by atoms with Crippen molar-refractivity contribution in [3.63, 3.8) is 0 Å². The van der Waals surface area contributed by atoms with Gasteiger partial charge < -0.3 is 15.0 Å². The average molecular weight is 403 g/mol. The lowest BCUT2D eigenvalue weighted by atomic mass is 10.00. The molecule has 0 radical (unpaired) electrons. The first kappa shape index (κ1) is 20.2. The third-order valence-corrected chi connectivity index (χ3v) is 4.44.